The molecule has 1 aromatic carbocycles. The van der Waals surface area contributed by atoms with Crippen molar-refractivity contribution < 1.29 is 0 Å². The van der Waals surface area contributed by atoms with Gasteiger partial charge in [-0.25, -0.2) is 0 Å². The lowest BCUT2D eigenvalue weighted by Gasteiger charge is -2.05. The molecule has 0 saturated heterocycles. The summed E-state index contributed by atoms with van der Waals surface area (Å²) in [6.45, 7) is 2.12. The second-order valence-electron chi connectivity index (χ2n) is 2.36. The van der Waals surface area contributed by atoms with Gasteiger partial charge in [0.1, 0.15) is 0 Å². The Morgan fingerprint density at radius 1 is 1.45 bits per heavy atom. The number of benzene rings is 1. The number of halogens is 2. The second kappa shape index (κ2) is 4.13. The maximum absolute atomic E-state index is 5.99. The molecule has 0 radical (unpaired) electrons. The minimum Gasteiger partial charge on any atom is -0.0876 e. The highest BCUT2D eigenvalue weighted by Gasteiger charge is 2.02. The van der Waals surface area contributed by atoms with Gasteiger partial charge in [-0.1, -0.05) is 46.6 Å². The maximum Gasteiger partial charge on any atom is 0.0440 e. The first kappa shape index (κ1) is 9.08. The average molecular weight is 234 g/mol. The third kappa shape index (κ3) is 1.97. The summed E-state index contributed by atoms with van der Waals surface area (Å²) >= 11 is 9.41. The van der Waals surface area contributed by atoms with Crippen molar-refractivity contribution in [1.29, 1.82) is 0 Å². The zero-order valence-electron chi connectivity index (χ0n) is 6.40. The van der Waals surface area contributed by atoms with Crippen molar-refractivity contribution in [3.05, 3.63) is 34.3 Å². The molecule has 11 heavy (non-hydrogen) atoms. The first-order valence-electron chi connectivity index (χ1n) is 3.61. The van der Waals surface area contributed by atoms with Crippen molar-refractivity contribution >= 4 is 27.5 Å². The topological polar surface area (TPSA) is 0 Å². The van der Waals surface area contributed by atoms with Crippen LogP contribution in [0.1, 0.15) is 18.1 Å². The van der Waals surface area contributed by atoms with E-state index in [0.29, 0.717) is 0 Å². The van der Waals surface area contributed by atoms with Gasteiger partial charge >= 0.3 is 0 Å². The monoisotopic (exact) mass is 232 g/mol. The number of hydrogen-bond acceptors (Lipinski definition) is 0. The van der Waals surface area contributed by atoms with Crippen molar-refractivity contribution in [2.24, 2.45) is 0 Å². The molecule has 1 rings (SSSR count). The zero-order chi connectivity index (χ0) is 8.27. The van der Waals surface area contributed by atoms with Gasteiger partial charge < -0.3 is 0 Å². The molecule has 60 valence electrons. The van der Waals surface area contributed by atoms with Crippen LogP contribution in [0, 0.1) is 0 Å². The van der Waals surface area contributed by atoms with E-state index in [1.807, 2.05) is 12.1 Å². The second-order valence-corrected chi connectivity index (χ2v) is 3.33. The fourth-order valence-electron chi connectivity index (χ4n) is 1.12. The van der Waals surface area contributed by atoms with E-state index in [1.54, 1.807) is 0 Å². The molecule has 0 unspecified atom stereocenters. The van der Waals surface area contributed by atoms with E-state index in [2.05, 4.69) is 28.9 Å². The number of alkyl halides is 1. The van der Waals surface area contributed by atoms with E-state index in [9.17, 15) is 0 Å². The van der Waals surface area contributed by atoms with Crippen molar-refractivity contribution in [3.8, 4) is 0 Å². The van der Waals surface area contributed by atoms with Crippen LogP contribution in [0.3, 0.4) is 0 Å². The summed E-state index contributed by atoms with van der Waals surface area (Å²) in [5, 5.41) is 1.76. The molecule has 0 aliphatic carbocycles. The number of hydrogen-bond donors (Lipinski definition) is 0. The molecule has 0 heterocycles. The molecular weight excluding hydrogens is 223 g/mol. The molecule has 0 bridgehead atoms. The van der Waals surface area contributed by atoms with Crippen LogP contribution in [0.5, 0.6) is 0 Å². The predicted molar refractivity (Wildman–Crippen MR) is 53.5 cm³/mol. The van der Waals surface area contributed by atoms with Gasteiger partial charge in [-0.15, -0.1) is 0 Å². The molecule has 0 aromatic heterocycles. The minimum absolute atomic E-state index is 0.879. The lowest BCUT2D eigenvalue weighted by molar-refractivity contribution is 1.10. The quantitative estimate of drug-likeness (QED) is 0.682. The summed E-state index contributed by atoms with van der Waals surface area (Å²) in [5.74, 6) is 0. The van der Waals surface area contributed by atoms with Gasteiger partial charge in [-0.3, -0.25) is 0 Å². The Hall–Kier alpha value is -0.0100. The SMILES string of the molecule is CCc1c(Cl)cccc1CBr. The van der Waals surface area contributed by atoms with Crippen LogP contribution >= 0.6 is 27.5 Å². The smallest absolute Gasteiger partial charge is 0.0440 e. The highest BCUT2D eigenvalue weighted by atomic mass is 79.9. The van der Waals surface area contributed by atoms with Crippen LogP contribution < -0.4 is 0 Å². The summed E-state index contributed by atoms with van der Waals surface area (Å²) in [6.07, 6.45) is 1.00. The molecule has 0 nitrogen and oxygen atoms in total. The summed E-state index contributed by atoms with van der Waals surface area (Å²) in [5.41, 5.74) is 2.55. The van der Waals surface area contributed by atoms with Gasteiger partial charge in [0.2, 0.25) is 0 Å². The minimum atomic E-state index is 0.879. The van der Waals surface area contributed by atoms with Gasteiger partial charge in [-0.2, -0.15) is 0 Å². The first-order valence-corrected chi connectivity index (χ1v) is 5.11. The molecule has 1 aromatic rings. The summed E-state index contributed by atoms with van der Waals surface area (Å²) in [6, 6.07) is 6.02. The number of rotatable bonds is 2. The van der Waals surface area contributed by atoms with E-state index in [4.69, 9.17) is 11.6 Å². The molecule has 0 N–H and O–H groups in total. The fourth-order valence-corrected chi connectivity index (χ4v) is 1.98. The van der Waals surface area contributed by atoms with E-state index >= 15 is 0 Å². The van der Waals surface area contributed by atoms with Crippen LogP contribution in [0.15, 0.2) is 18.2 Å². The zero-order valence-corrected chi connectivity index (χ0v) is 8.74. The van der Waals surface area contributed by atoms with E-state index in [0.717, 1.165) is 16.8 Å². The van der Waals surface area contributed by atoms with Crippen LogP contribution in [-0.2, 0) is 11.8 Å². The van der Waals surface area contributed by atoms with Crippen molar-refractivity contribution in [1.82, 2.24) is 0 Å². The van der Waals surface area contributed by atoms with E-state index in [-0.39, 0.29) is 0 Å². The van der Waals surface area contributed by atoms with Gasteiger partial charge in [0.05, 0.1) is 0 Å². The Bertz CT molecular complexity index is 245. The molecule has 0 aliphatic rings. The van der Waals surface area contributed by atoms with Gasteiger partial charge in [0.25, 0.3) is 0 Å². The van der Waals surface area contributed by atoms with Crippen LogP contribution in [0.25, 0.3) is 0 Å². The maximum atomic E-state index is 5.99. The van der Waals surface area contributed by atoms with Gasteiger partial charge in [-0.05, 0) is 23.6 Å². The lowest BCUT2D eigenvalue weighted by Crippen LogP contribution is -1.89. The van der Waals surface area contributed by atoms with Crippen molar-refractivity contribution in [3.63, 3.8) is 0 Å². The van der Waals surface area contributed by atoms with E-state index in [1.165, 1.54) is 11.1 Å². The molecule has 0 saturated carbocycles. The van der Waals surface area contributed by atoms with Crippen LogP contribution in [-0.4, -0.2) is 0 Å². The molecule has 0 atom stereocenters. The van der Waals surface area contributed by atoms with Crippen LogP contribution in [0.4, 0.5) is 0 Å². The normalized spacial score (nSPS) is 10.1. The first-order chi connectivity index (χ1) is 5.29. The lowest BCUT2D eigenvalue weighted by atomic mass is 10.1. The molecule has 0 amide bonds. The summed E-state index contributed by atoms with van der Waals surface area (Å²) in [4.78, 5) is 0. The summed E-state index contributed by atoms with van der Waals surface area (Å²) < 4.78 is 0. The molecular formula is C9H10BrCl. The van der Waals surface area contributed by atoms with Gasteiger partial charge in [0.15, 0.2) is 0 Å². The van der Waals surface area contributed by atoms with Gasteiger partial charge in [0, 0.05) is 10.4 Å². The third-order valence-electron chi connectivity index (χ3n) is 1.71. The Kier molecular flexibility index (Phi) is 3.41. The van der Waals surface area contributed by atoms with Crippen LogP contribution in [0.2, 0.25) is 5.02 Å². The summed E-state index contributed by atoms with van der Waals surface area (Å²) in [7, 11) is 0. The molecule has 0 fully saturated rings. The average Bonchev–Trinajstić information content (AvgIpc) is 2.04. The molecule has 0 aliphatic heterocycles. The van der Waals surface area contributed by atoms with Crippen molar-refractivity contribution in [2.45, 2.75) is 18.7 Å². The highest BCUT2D eigenvalue weighted by Crippen LogP contribution is 2.22. The van der Waals surface area contributed by atoms with Crippen molar-refractivity contribution in [2.75, 3.05) is 0 Å². The predicted octanol–water partition coefficient (Wildman–Crippen LogP) is 3.80. The molecule has 0 spiro atoms. The Labute approximate surface area is 80.7 Å². The Balaban J connectivity index is 3.13. The fraction of sp³-hybridized carbons (Fsp3) is 0.333. The van der Waals surface area contributed by atoms with E-state index < -0.39 is 0 Å². The Morgan fingerprint density at radius 2 is 2.18 bits per heavy atom. The highest BCUT2D eigenvalue weighted by molar-refractivity contribution is 9.08. The third-order valence-corrected chi connectivity index (χ3v) is 2.67. The molecule has 2 heteroatoms. The standard InChI is InChI=1S/C9H10BrCl/c1-2-8-7(6-10)4-3-5-9(8)11/h3-5H,2,6H2,1H3. The Morgan fingerprint density at radius 3 is 2.64 bits per heavy atom. The largest absolute Gasteiger partial charge is 0.0876 e.